The van der Waals surface area contributed by atoms with E-state index in [0.29, 0.717) is 34.2 Å². The highest BCUT2D eigenvalue weighted by Crippen LogP contribution is 2.31. The number of halogens is 2. The summed E-state index contributed by atoms with van der Waals surface area (Å²) in [5.74, 6) is 1.38. The first-order valence-corrected chi connectivity index (χ1v) is 10.5. The summed E-state index contributed by atoms with van der Waals surface area (Å²) < 4.78 is 11.4. The molecule has 0 saturated carbocycles. The summed E-state index contributed by atoms with van der Waals surface area (Å²) in [4.78, 5) is 2.55. The van der Waals surface area contributed by atoms with Crippen LogP contribution in [0, 0.1) is 0 Å². The molecule has 4 nitrogen and oxygen atoms in total. The molecule has 1 aliphatic rings. The summed E-state index contributed by atoms with van der Waals surface area (Å²) in [5, 5.41) is 4.77. The van der Waals surface area contributed by atoms with Crippen molar-refractivity contribution in [1.82, 2.24) is 10.2 Å². The molecule has 1 heterocycles. The first kappa shape index (κ1) is 21.3. The molecule has 0 amide bonds. The summed E-state index contributed by atoms with van der Waals surface area (Å²) in [6, 6.07) is 12.1. The Bertz CT molecular complexity index is 765. The van der Waals surface area contributed by atoms with Crippen LogP contribution >= 0.6 is 23.2 Å². The molecule has 1 N–H and O–H groups in total. The van der Waals surface area contributed by atoms with Gasteiger partial charge in [-0.3, -0.25) is 4.90 Å². The number of hydrogen-bond donors (Lipinski definition) is 1. The summed E-state index contributed by atoms with van der Waals surface area (Å²) in [7, 11) is 1.65. The molecule has 2 aromatic carbocycles. The fourth-order valence-electron chi connectivity index (χ4n) is 3.69. The van der Waals surface area contributed by atoms with Crippen LogP contribution in [0.4, 0.5) is 0 Å². The molecule has 1 saturated heterocycles. The van der Waals surface area contributed by atoms with Gasteiger partial charge in [-0.05, 0) is 55.8 Å². The summed E-state index contributed by atoms with van der Waals surface area (Å²) >= 11 is 12.4. The molecule has 0 radical (unpaired) electrons. The monoisotopic (exact) mass is 422 g/mol. The molecule has 3 rings (SSSR count). The minimum atomic E-state index is 0.293. The third kappa shape index (κ3) is 5.32. The lowest BCUT2D eigenvalue weighted by molar-refractivity contribution is 0.260. The van der Waals surface area contributed by atoms with Gasteiger partial charge in [0.1, 0.15) is 6.61 Å². The Balaban J connectivity index is 1.57. The Morgan fingerprint density at radius 3 is 2.64 bits per heavy atom. The average molecular weight is 423 g/mol. The SMILES string of the molecule is CCN1CCC[C@H]1CNCc1ccc(OCc2c(Cl)cccc2Cl)c(OC)c1. The Morgan fingerprint density at radius 1 is 1.14 bits per heavy atom. The van der Waals surface area contributed by atoms with Crippen LogP contribution in [-0.4, -0.2) is 37.7 Å². The van der Waals surface area contributed by atoms with Gasteiger partial charge in [-0.15, -0.1) is 0 Å². The number of rotatable bonds is 9. The molecule has 6 heteroatoms. The van der Waals surface area contributed by atoms with Crippen molar-refractivity contribution in [3.05, 3.63) is 57.6 Å². The van der Waals surface area contributed by atoms with E-state index < -0.39 is 0 Å². The number of methoxy groups -OCH3 is 1. The number of nitrogens with one attached hydrogen (secondary N) is 1. The lowest BCUT2D eigenvalue weighted by Crippen LogP contribution is -2.37. The zero-order valence-electron chi connectivity index (χ0n) is 16.5. The topological polar surface area (TPSA) is 33.7 Å². The predicted molar refractivity (Wildman–Crippen MR) is 116 cm³/mol. The smallest absolute Gasteiger partial charge is 0.161 e. The highest BCUT2D eigenvalue weighted by molar-refractivity contribution is 6.35. The van der Waals surface area contributed by atoms with E-state index in [1.165, 1.54) is 24.9 Å². The van der Waals surface area contributed by atoms with Crippen LogP contribution in [0.3, 0.4) is 0 Å². The van der Waals surface area contributed by atoms with E-state index >= 15 is 0 Å². The first-order chi connectivity index (χ1) is 13.6. The van der Waals surface area contributed by atoms with Crippen LogP contribution in [0.25, 0.3) is 0 Å². The van der Waals surface area contributed by atoms with Gasteiger partial charge in [0.25, 0.3) is 0 Å². The fraction of sp³-hybridized carbons (Fsp3) is 0.455. The molecule has 0 aliphatic carbocycles. The fourth-order valence-corrected chi connectivity index (χ4v) is 4.19. The Kier molecular flexibility index (Phi) is 7.86. The second-order valence-electron chi connectivity index (χ2n) is 7.03. The van der Waals surface area contributed by atoms with E-state index in [-0.39, 0.29) is 0 Å². The van der Waals surface area contributed by atoms with E-state index in [1.54, 1.807) is 7.11 Å². The van der Waals surface area contributed by atoms with Gasteiger partial charge >= 0.3 is 0 Å². The van der Waals surface area contributed by atoms with Crippen molar-refractivity contribution >= 4 is 23.2 Å². The largest absolute Gasteiger partial charge is 0.493 e. The van der Waals surface area contributed by atoms with Gasteiger partial charge in [-0.1, -0.05) is 42.3 Å². The van der Waals surface area contributed by atoms with E-state index in [9.17, 15) is 0 Å². The van der Waals surface area contributed by atoms with Crippen LogP contribution in [-0.2, 0) is 13.2 Å². The van der Waals surface area contributed by atoms with E-state index in [2.05, 4.69) is 23.2 Å². The highest BCUT2D eigenvalue weighted by atomic mass is 35.5. The second kappa shape index (κ2) is 10.4. The maximum absolute atomic E-state index is 6.22. The summed E-state index contributed by atoms with van der Waals surface area (Å²) in [6.07, 6.45) is 2.58. The quantitative estimate of drug-likeness (QED) is 0.605. The van der Waals surface area contributed by atoms with Crippen molar-refractivity contribution in [1.29, 1.82) is 0 Å². The lowest BCUT2D eigenvalue weighted by Gasteiger charge is -2.23. The van der Waals surface area contributed by atoms with Gasteiger partial charge in [0.05, 0.1) is 7.11 Å². The van der Waals surface area contributed by atoms with Crippen LogP contribution in [0.2, 0.25) is 10.0 Å². The van der Waals surface area contributed by atoms with Crippen LogP contribution in [0.1, 0.15) is 30.9 Å². The van der Waals surface area contributed by atoms with Crippen LogP contribution in [0.5, 0.6) is 11.5 Å². The molecule has 1 fully saturated rings. The highest BCUT2D eigenvalue weighted by Gasteiger charge is 2.22. The normalized spacial score (nSPS) is 17.1. The average Bonchev–Trinajstić information content (AvgIpc) is 3.15. The number of ether oxygens (including phenoxy) is 2. The van der Waals surface area contributed by atoms with Gasteiger partial charge in [0.2, 0.25) is 0 Å². The zero-order chi connectivity index (χ0) is 19.9. The molecule has 28 heavy (non-hydrogen) atoms. The molecule has 2 aromatic rings. The Labute approximate surface area is 177 Å². The maximum atomic E-state index is 6.22. The molecular weight excluding hydrogens is 395 g/mol. The third-order valence-electron chi connectivity index (χ3n) is 5.28. The van der Waals surface area contributed by atoms with Crippen molar-refractivity contribution in [3.63, 3.8) is 0 Å². The Hall–Kier alpha value is -1.46. The molecule has 1 aliphatic heterocycles. The van der Waals surface area contributed by atoms with Gasteiger partial charge in [-0.25, -0.2) is 0 Å². The van der Waals surface area contributed by atoms with E-state index in [4.69, 9.17) is 32.7 Å². The predicted octanol–water partition coefficient (Wildman–Crippen LogP) is 5.15. The molecule has 0 spiro atoms. The number of hydrogen-bond acceptors (Lipinski definition) is 4. The minimum absolute atomic E-state index is 0.293. The molecular formula is C22H28Cl2N2O2. The van der Waals surface area contributed by atoms with Crippen molar-refractivity contribution in [3.8, 4) is 11.5 Å². The van der Waals surface area contributed by atoms with Gasteiger partial charge in [-0.2, -0.15) is 0 Å². The van der Waals surface area contributed by atoms with Gasteiger partial charge < -0.3 is 14.8 Å². The molecule has 0 aromatic heterocycles. The van der Waals surface area contributed by atoms with Crippen LogP contribution in [0.15, 0.2) is 36.4 Å². The number of nitrogens with zero attached hydrogens (tertiary/aromatic N) is 1. The third-order valence-corrected chi connectivity index (χ3v) is 5.98. The molecule has 1 atom stereocenters. The van der Waals surface area contributed by atoms with Crippen molar-refractivity contribution in [2.24, 2.45) is 0 Å². The van der Waals surface area contributed by atoms with E-state index in [0.717, 1.165) is 25.2 Å². The summed E-state index contributed by atoms with van der Waals surface area (Å²) in [6.45, 7) is 6.69. The summed E-state index contributed by atoms with van der Waals surface area (Å²) in [5.41, 5.74) is 1.94. The standard InChI is InChI=1S/C22H28Cl2N2O2/c1-3-26-11-5-6-17(26)14-25-13-16-9-10-21(22(12-16)27-2)28-15-18-19(23)7-4-8-20(18)24/h4,7-10,12,17,25H,3,5-6,11,13-15H2,1-2H3/t17-/m0/s1. The van der Waals surface area contributed by atoms with Gasteiger partial charge in [0.15, 0.2) is 11.5 Å². The lowest BCUT2D eigenvalue weighted by atomic mass is 10.1. The second-order valence-corrected chi connectivity index (χ2v) is 7.84. The number of likely N-dealkylation sites (N-methyl/N-ethyl adjacent to an activating group) is 1. The molecule has 152 valence electrons. The number of likely N-dealkylation sites (tertiary alicyclic amines) is 1. The van der Waals surface area contributed by atoms with Crippen molar-refractivity contribution < 1.29 is 9.47 Å². The zero-order valence-corrected chi connectivity index (χ0v) is 18.0. The molecule has 0 bridgehead atoms. The van der Waals surface area contributed by atoms with Crippen molar-refractivity contribution in [2.75, 3.05) is 26.7 Å². The van der Waals surface area contributed by atoms with Crippen LogP contribution < -0.4 is 14.8 Å². The van der Waals surface area contributed by atoms with E-state index in [1.807, 2.05) is 30.3 Å². The number of benzene rings is 2. The minimum Gasteiger partial charge on any atom is -0.493 e. The maximum Gasteiger partial charge on any atom is 0.161 e. The van der Waals surface area contributed by atoms with Gasteiger partial charge in [0, 0.05) is 34.7 Å². The Morgan fingerprint density at radius 2 is 1.93 bits per heavy atom. The van der Waals surface area contributed by atoms with Crippen molar-refractivity contribution in [2.45, 2.75) is 39.0 Å². The molecule has 0 unspecified atom stereocenters. The first-order valence-electron chi connectivity index (χ1n) is 9.79.